The molecular formula is C16H23ClN2OS. The molecule has 0 saturated heterocycles. The van der Waals surface area contributed by atoms with Crippen molar-refractivity contribution in [1.29, 1.82) is 0 Å². The van der Waals surface area contributed by atoms with Crippen molar-refractivity contribution in [3.8, 4) is 0 Å². The SMILES string of the molecule is CSCc1ccc(NC(=O)C2C3CCC(C3)C2N)cc1.Cl. The summed E-state index contributed by atoms with van der Waals surface area (Å²) >= 11 is 1.80. The Morgan fingerprint density at radius 2 is 1.95 bits per heavy atom. The van der Waals surface area contributed by atoms with Crippen molar-refractivity contribution in [1.82, 2.24) is 0 Å². The summed E-state index contributed by atoms with van der Waals surface area (Å²) in [6.45, 7) is 0. The van der Waals surface area contributed by atoms with Crippen LogP contribution in [0.25, 0.3) is 0 Å². The van der Waals surface area contributed by atoms with Crippen LogP contribution in [0.15, 0.2) is 24.3 Å². The van der Waals surface area contributed by atoms with Gasteiger partial charge in [-0.25, -0.2) is 0 Å². The second-order valence-electron chi connectivity index (χ2n) is 6.06. The topological polar surface area (TPSA) is 55.1 Å². The third kappa shape index (κ3) is 3.38. The van der Waals surface area contributed by atoms with E-state index in [9.17, 15) is 4.79 Å². The lowest BCUT2D eigenvalue weighted by Crippen LogP contribution is -2.42. The van der Waals surface area contributed by atoms with Gasteiger partial charge in [0.05, 0.1) is 5.92 Å². The lowest BCUT2D eigenvalue weighted by atomic mass is 9.84. The molecule has 1 amide bonds. The monoisotopic (exact) mass is 326 g/mol. The number of nitrogens with two attached hydrogens (primary N) is 1. The first-order chi connectivity index (χ1) is 9.69. The molecule has 3 rings (SSSR count). The summed E-state index contributed by atoms with van der Waals surface area (Å²) in [6.07, 6.45) is 5.61. The van der Waals surface area contributed by atoms with Crippen LogP contribution in [-0.2, 0) is 10.5 Å². The molecule has 0 heterocycles. The van der Waals surface area contributed by atoms with Crippen molar-refractivity contribution in [2.24, 2.45) is 23.5 Å². The number of anilines is 1. The summed E-state index contributed by atoms with van der Waals surface area (Å²) in [5.41, 5.74) is 8.39. The van der Waals surface area contributed by atoms with E-state index >= 15 is 0 Å². The van der Waals surface area contributed by atoms with E-state index in [0.717, 1.165) is 17.9 Å². The normalized spacial score (nSPS) is 30.0. The Morgan fingerprint density at radius 1 is 1.29 bits per heavy atom. The Balaban J connectivity index is 0.00000161. The lowest BCUT2D eigenvalue weighted by Gasteiger charge is -2.27. The number of thioether (sulfide) groups is 1. The molecular weight excluding hydrogens is 304 g/mol. The highest BCUT2D eigenvalue weighted by molar-refractivity contribution is 7.97. The number of amides is 1. The second-order valence-corrected chi connectivity index (χ2v) is 6.92. The van der Waals surface area contributed by atoms with Gasteiger partial charge in [0.2, 0.25) is 5.91 Å². The maximum Gasteiger partial charge on any atom is 0.229 e. The summed E-state index contributed by atoms with van der Waals surface area (Å²) in [5.74, 6) is 2.21. The molecule has 21 heavy (non-hydrogen) atoms. The zero-order valence-electron chi connectivity index (χ0n) is 12.2. The molecule has 1 aromatic rings. The van der Waals surface area contributed by atoms with E-state index in [1.54, 1.807) is 11.8 Å². The molecule has 5 heteroatoms. The van der Waals surface area contributed by atoms with Gasteiger partial charge < -0.3 is 11.1 Å². The maximum absolute atomic E-state index is 12.4. The molecule has 2 bridgehead atoms. The van der Waals surface area contributed by atoms with Crippen LogP contribution in [0.3, 0.4) is 0 Å². The lowest BCUT2D eigenvalue weighted by molar-refractivity contribution is -0.121. The fraction of sp³-hybridized carbons (Fsp3) is 0.562. The quantitative estimate of drug-likeness (QED) is 0.892. The van der Waals surface area contributed by atoms with Crippen LogP contribution in [0.5, 0.6) is 0 Å². The molecule has 2 saturated carbocycles. The second kappa shape index (κ2) is 7.03. The number of carbonyl (C=O) groups is 1. The van der Waals surface area contributed by atoms with Gasteiger partial charge in [-0.1, -0.05) is 12.1 Å². The summed E-state index contributed by atoms with van der Waals surface area (Å²) < 4.78 is 0. The Bertz CT molecular complexity index is 492. The van der Waals surface area contributed by atoms with Crippen molar-refractivity contribution >= 4 is 35.8 Å². The minimum atomic E-state index is 0. The average molecular weight is 327 g/mol. The van der Waals surface area contributed by atoms with E-state index in [1.165, 1.54) is 18.4 Å². The Morgan fingerprint density at radius 3 is 2.52 bits per heavy atom. The molecule has 2 aliphatic rings. The van der Waals surface area contributed by atoms with Gasteiger partial charge in [0.1, 0.15) is 0 Å². The molecule has 3 nitrogen and oxygen atoms in total. The van der Waals surface area contributed by atoms with Crippen LogP contribution in [0.1, 0.15) is 24.8 Å². The van der Waals surface area contributed by atoms with Crippen LogP contribution < -0.4 is 11.1 Å². The number of nitrogens with one attached hydrogen (secondary N) is 1. The van der Waals surface area contributed by atoms with Crippen molar-refractivity contribution in [3.63, 3.8) is 0 Å². The number of benzene rings is 1. The zero-order chi connectivity index (χ0) is 14.1. The third-order valence-electron chi connectivity index (χ3n) is 4.82. The average Bonchev–Trinajstić information content (AvgIpc) is 3.02. The van der Waals surface area contributed by atoms with Gasteiger partial charge in [0.15, 0.2) is 0 Å². The molecule has 0 aliphatic heterocycles. The standard InChI is InChI=1S/C16H22N2OS.ClH/c1-20-9-10-2-6-13(7-3-10)18-16(19)14-11-4-5-12(8-11)15(14)17;/h2-3,6-7,11-12,14-15H,4-5,8-9,17H2,1H3,(H,18,19);1H. The fourth-order valence-electron chi connectivity index (χ4n) is 3.80. The van der Waals surface area contributed by atoms with E-state index in [1.807, 2.05) is 12.1 Å². The summed E-state index contributed by atoms with van der Waals surface area (Å²) in [6, 6.07) is 8.19. The van der Waals surface area contributed by atoms with Crippen LogP contribution in [0.4, 0.5) is 5.69 Å². The molecule has 0 radical (unpaired) electrons. The van der Waals surface area contributed by atoms with Crippen molar-refractivity contribution in [2.75, 3.05) is 11.6 Å². The first-order valence-electron chi connectivity index (χ1n) is 7.33. The first-order valence-corrected chi connectivity index (χ1v) is 8.72. The zero-order valence-corrected chi connectivity index (χ0v) is 13.9. The van der Waals surface area contributed by atoms with Crippen molar-refractivity contribution in [3.05, 3.63) is 29.8 Å². The summed E-state index contributed by atoms with van der Waals surface area (Å²) in [7, 11) is 0. The van der Waals surface area contributed by atoms with Crippen LogP contribution >= 0.6 is 24.2 Å². The predicted octanol–water partition coefficient (Wildman–Crippen LogP) is 3.28. The van der Waals surface area contributed by atoms with Gasteiger partial charge in [-0.3, -0.25) is 4.79 Å². The highest BCUT2D eigenvalue weighted by atomic mass is 35.5. The largest absolute Gasteiger partial charge is 0.327 e. The number of hydrogen-bond donors (Lipinski definition) is 2. The van der Waals surface area contributed by atoms with E-state index in [4.69, 9.17) is 5.73 Å². The number of carbonyl (C=O) groups excluding carboxylic acids is 1. The van der Waals surface area contributed by atoms with E-state index < -0.39 is 0 Å². The predicted molar refractivity (Wildman–Crippen MR) is 91.8 cm³/mol. The highest BCUT2D eigenvalue weighted by Crippen LogP contribution is 2.47. The minimum absolute atomic E-state index is 0. The number of hydrogen-bond acceptors (Lipinski definition) is 3. The smallest absolute Gasteiger partial charge is 0.229 e. The summed E-state index contributed by atoms with van der Waals surface area (Å²) in [5, 5.41) is 3.04. The third-order valence-corrected chi connectivity index (χ3v) is 5.44. The molecule has 4 atom stereocenters. The maximum atomic E-state index is 12.4. The van der Waals surface area contributed by atoms with Gasteiger partial charge >= 0.3 is 0 Å². The minimum Gasteiger partial charge on any atom is -0.327 e. The molecule has 4 unspecified atom stereocenters. The van der Waals surface area contributed by atoms with E-state index in [0.29, 0.717) is 11.8 Å². The van der Waals surface area contributed by atoms with Gasteiger partial charge in [0.25, 0.3) is 0 Å². The van der Waals surface area contributed by atoms with Crippen molar-refractivity contribution in [2.45, 2.75) is 31.1 Å². The first kappa shape index (κ1) is 16.7. The van der Waals surface area contributed by atoms with Gasteiger partial charge in [0, 0.05) is 17.5 Å². The molecule has 3 N–H and O–H groups in total. The molecule has 0 spiro atoms. The molecule has 116 valence electrons. The number of rotatable bonds is 4. The Hall–Kier alpha value is -0.710. The summed E-state index contributed by atoms with van der Waals surface area (Å²) in [4.78, 5) is 12.4. The van der Waals surface area contributed by atoms with E-state index in [2.05, 4.69) is 23.7 Å². The molecule has 0 aromatic heterocycles. The number of fused-ring (bicyclic) bond motifs is 2. The van der Waals surface area contributed by atoms with Crippen LogP contribution in [0.2, 0.25) is 0 Å². The molecule has 2 fully saturated rings. The van der Waals surface area contributed by atoms with Crippen molar-refractivity contribution < 1.29 is 4.79 Å². The van der Waals surface area contributed by atoms with E-state index in [-0.39, 0.29) is 30.3 Å². The van der Waals surface area contributed by atoms with Crippen LogP contribution in [0, 0.1) is 17.8 Å². The number of halogens is 1. The molecule has 1 aromatic carbocycles. The Kier molecular flexibility index (Phi) is 5.58. The Labute approximate surface area is 136 Å². The molecule has 2 aliphatic carbocycles. The van der Waals surface area contributed by atoms with Crippen LogP contribution in [-0.4, -0.2) is 18.2 Å². The fourth-order valence-corrected chi connectivity index (χ4v) is 4.33. The van der Waals surface area contributed by atoms with Gasteiger partial charge in [-0.15, -0.1) is 12.4 Å². The van der Waals surface area contributed by atoms with Gasteiger partial charge in [-0.05, 0) is 55.1 Å². The van der Waals surface area contributed by atoms with Gasteiger partial charge in [-0.2, -0.15) is 11.8 Å². The highest BCUT2D eigenvalue weighted by Gasteiger charge is 2.49.